The summed E-state index contributed by atoms with van der Waals surface area (Å²) < 4.78 is 39.7. The van der Waals surface area contributed by atoms with Crippen molar-refractivity contribution in [3.63, 3.8) is 0 Å². The molecule has 1 N–H and O–H groups in total. The zero-order valence-electron chi connectivity index (χ0n) is 11.8. The van der Waals surface area contributed by atoms with Crippen LogP contribution in [-0.2, 0) is 11.6 Å². The third kappa shape index (κ3) is 2.52. The number of fused-ring (bicyclic) bond motifs is 1. The quantitative estimate of drug-likeness (QED) is 0.868. The lowest BCUT2D eigenvalue weighted by Gasteiger charge is -2.19. The summed E-state index contributed by atoms with van der Waals surface area (Å²) in [6, 6.07) is 2.32. The topological polar surface area (TPSA) is 37.5 Å². The number of alkyl halides is 3. The number of nitrogens with zero attached hydrogens (tertiary/aromatic N) is 2. The van der Waals surface area contributed by atoms with Gasteiger partial charge in [-0.15, -0.1) is 0 Å². The fourth-order valence-electron chi connectivity index (χ4n) is 2.18. The van der Waals surface area contributed by atoms with Crippen LogP contribution in [0.4, 0.5) is 13.2 Å². The molecule has 0 spiro atoms. The second-order valence-electron chi connectivity index (χ2n) is 5.92. The van der Waals surface area contributed by atoms with E-state index in [1.165, 1.54) is 17.4 Å². The van der Waals surface area contributed by atoms with Gasteiger partial charge in [0.05, 0.1) is 23.1 Å². The van der Waals surface area contributed by atoms with E-state index in [0.717, 1.165) is 12.3 Å². The summed E-state index contributed by atoms with van der Waals surface area (Å²) in [5.74, 6) is 0. The monoisotopic (exact) mass is 286 g/mol. The Balaban J connectivity index is 2.78. The molecule has 110 valence electrons. The van der Waals surface area contributed by atoms with E-state index in [1.807, 2.05) is 20.8 Å². The summed E-state index contributed by atoms with van der Waals surface area (Å²) in [6.45, 7) is 7.25. The summed E-state index contributed by atoms with van der Waals surface area (Å²) in [7, 11) is 0. The number of pyridine rings is 1. The first kappa shape index (κ1) is 14.8. The minimum absolute atomic E-state index is 0.364. The largest absolute Gasteiger partial charge is 0.417 e. The highest BCUT2D eigenvalue weighted by molar-refractivity contribution is 5.47. The molecule has 0 bridgehead atoms. The highest BCUT2D eigenvalue weighted by atomic mass is 19.4. The first-order chi connectivity index (χ1) is 9.01. The van der Waals surface area contributed by atoms with Gasteiger partial charge in [-0.25, -0.2) is 4.98 Å². The first-order valence-corrected chi connectivity index (χ1v) is 6.29. The molecule has 1 unspecified atom stereocenters. The van der Waals surface area contributed by atoms with E-state index in [2.05, 4.69) is 4.98 Å². The zero-order valence-corrected chi connectivity index (χ0v) is 11.8. The van der Waals surface area contributed by atoms with Crippen molar-refractivity contribution in [1.29, 1.82) is 0 Å². The Kier molecular flexibility index (Phi) is 3.32. The maximum Gasteiger partial charge on any atom is 0.417 e. The highest BCUT2D eigenvalue weighted by Gasteiger charge is 2.32. The number of rotatable bonds is 1. The lowest BCUT2D eigenvalue weighted by molar-refractivity contribution is -0.137. The van der Waals surface area contributed by atoms with E-state index in [1.54, 1.807) is 0 Å². The molecular formula is C14H17F3N2O. The van der Waals surface area contributed by atoms with Crippen LogP contribution in [0.5, 0.6) is 0 Å². The van der Waals surface area contributed by atoms with Crippen molar-refractivity contribution in [3.8, 4) is 0 Å². The number of imidazole rings is 1. The molecule has 2 aromatic rings. The third-order valence-electron chi connectivity index (χ3n) is 3.09. The van der Waals surface area contributed by atoms with Crippen molar-refractivity contribution >= 4 is 5.65 Å². The number of aliphatic hydroxyl groups is 1. The SMILES string of the molecule is CC(O)c1c(C(C)(C)C)nc2ccc(C(F)(F)F)cn12. The molecule has 0 fully saturated rings. The van der Waals surface area contributed by atoms with Crippen LogP contribution < -0.4 is 0 Å². The predicted molar refractivity (Wildman–Crippen MR) is 69.5 cm³/mol. The number of halogens is 3. The Morgan fingerprint density at radius 3 is 2.25 bits per heavy atom. The molecule has 0 saturated carbocycles. The van der Waals surface area contributed by atoms with Crippen LogP contribution >= 0.6 is 0 Å². The molecule has 0 aliphatic heterocycles. The summed E-state index contributed by atoms with van der Waals surface area (Å²) in [6.07, 6.45) is -4.33. The Labute approximate surface area is 115 Å². The van der Waals surface area contributed by atoms with Crippen LogP contribution in [0.1, 0.15) is 50.8 Å². The van der Waals surface area contributed by atoms with Gasteiger partial charge >= 0.3 is 6.18 Å². The molecule has 0 radical (unpaired) electrons. The van der Waals surface area contributed by atoms with Gasteiger partial charge in [0.1, 0.15) is 5.65 Å². The van der Waals surface area contributed by atoms with E-state index in [4.69, 9.17) is 0 Å². The van der Waals surface area contributed by atoms with Crippen LogP contribution in [0.25, 0.3) is 5.65 Å². The van der Waals surface area contributed by atoms with Crippen LogP contribution in [0, 0.1) is 0 Å². The Bertz CT molecular complexity index is 636. The molecule has 0 aliphatic rings. The molecule has 2 heterocycles. The van der Waals surface area contributed by atoms with E-state index in [0.29, 0.717) is 17.0 Å². The molecule has 20 heavy (non-hydrogen) atoms. The van der Waals surface area contributed by atoms with Gasteiger partial charge in [-0.2, -0.15) is 13.2 Å². The fraction of sp³-hybridized carbons (Fsp3) is 0.500. The molecular weight excluding hydrogens is 269 g/mol. The maximum atomic E-state index is 12.8. The summed E-state index contributed by atoms with van der Waals surface area (Å²) >= 11 is 0. The van der Waals surface area contributed by atoms with Crippen molar-refractivity contribution in [2.75, 3.05) is 0 Å². The normalized spacial score (nSPS) is 14.8. The van der Waals surface area contributed by atoms with Gasteiger partial charge in [0.25, 0.3) is 0 Å². The standard InChI is InChI=1S/C14H17F3N2O/c1-8(20)11-12(13(2,3)4)18-10-6-5-9(7-19(10)11)14(15,16)17/h5-8,20H,1-4H3. The van der Waals surface area contributed by atoms with Crippen molar-refractivity contribution in [2.45, 2.75) is 45.4 Å². The fourth-order valence-corrected chi connectivity index (χ4v) is 2.18. The number of hydrogen-bond donors (Lipinski definition) is 1. The predicted octanol–water partition coefficient (Wildman–Crippen LogP) is 3.70. The van der Waals surface area contributed by atoms with Crippen molar-refractivity contribution in [2.24, 2.45) is 0 Å². The molecule has 0 aliphatic carbocycles. The van der Waals surface area contributed by atoms with Gasteiger partial charge in [0, 0.05) is 11.6 Å². The molecule has 0 amide bonds. The van der Waals surface area contributed by atoms with Crippen LogP contribution in [0.15, 0.2) is 18.3 Å². The molecule has 0 aromatic carbocycles. The second kappa shape index (κ2) is 4.48. The maximum absolute atomic E-state index is 12.8. The minimum atomic E-state index is -4.42. The van der Waals surface area contributed by atoms with Gasteiger partial charge in [0.2, 0.25) is 0 Å². The summed E-state index contributed by atoms with van der Waals surface area (Å²) in [5, 5.41) is 9.91. The van der Waals surface area contributed by atoms with Crippen LogP contribution in [-0.4, -0.2) is 14.5 Å². The average Bonchev–Trinajstić information content (AvgIpc) is 2.65. The smallest absolute Gasteiger partial charge is 0.387 e. The van der Waals surface area contributed by atoms with Crippen LogP contribution in [0.2, 0.25) is 0 Å². The van der Waals surface area contributed by atoms with Gasteiger partial charge in [0.15, 0.2) is 0 Å². The van der Waals surface area contributed by atoms with Gasteiger partial charge < -0.3 is 9.51 Å². The zero-order chi connectivity index (χ0) is 15.3. The Morgan fingerprint density at radius 2 is 1.80 bits per heavy atom. The van der Waals surface area contributed by atoms with Gasteiger partial charge in [-0.3, -0.25) is 0 Å². The lowest BCUT2D eigenvalue weighted by Crippen LogP contribution is -2.16. The minimum Gasteiger partial charge on any atom is -0.387 e. The lowest BCUT2D eigenvalue weighted by atomic mass is 9.89. The third-order valence-corrected chi connectivity index (χ3v) is 3.09. The van der Waals surface area contributed by atoms with Crippen molar-refractivity contribution in [3.05, 3.63) is 35.3 Å². The molecule has 3 nitrogen and oxygen atoms in total. The average molecular weight is 286 g/mol. The highest BCUT2D eigenvalue weighted by Crippen LogP contribution is 2.33. The number of aliphatic hydroxyl groups excluding tert-OH is 1. The number of hydrogen-bond acceptors (Lipinski definition) is 2. The second-order valence-corrected chi connectivity index (χ2v) is 5.92. The van der Waals surface area contributed by atoms with Crippen molar-refractivity contribution in [1.82, 2.24) is 9.38 Å². The molecule has 0 saturated heterocycles. The Morgan fingerprint density at radius 1 is 1.20 bits per heavy atom. The van der Waals surface area contributed by atoms with Crippen molar-refractivity contribution < 1.29 is 18.3 Å². The molecule has 1 atom stereocenters. The van der Waals surface area contributed by atoms with Gasteiger partial charge in [-0.1, -0.05) is 20.8 Å². The van der Waals surface area contributed by atoms with E-state index < -0.39 is 17.8 Å². The van der Waals surface area contributed by atoms with E-state index >= 15 is 0 Å². The van der Waals surface area contributed by atoms with Crippen LogP contribution in [0.3, 0.4) is 0 Å². The van der Waals surface area contributed by atoms with E-state index in [9.17, 15) is 18.3 Å². The first-order valence-electron chi connectivity index (χ1n) is 6.29. The molecule has 6 heteroatoms. The Hall–Kier alpha value is -1.56. The van der Waals surface area contributed by atoms with E-state index in [-0.39, 0.29) is 5.41 Å². The summed E-state index contributed by atoms with van der Waals surface area (Å²) in [4.78, 5) is 4.36. The summed E-state index contributed by atoms with van der Waals surface area (Å²) in [5.41, 5.74) is 0.283. The molecule has 2 aromatic heterocycles. The molecule has 2 rings (SSSR count). The number of aromatic nitrogens is 2. The van der Waals surface area contributed by atoms with Gasteiger partial charge in [-0.05, 0) is 19.1 Å².